The van der Waals surface area contributed by atoms with Crippen LogP contribution in [-0.4, -0.2) is 15.5 Å². The van der Waals surface area contributed by atoms with E-state index in [9.17, 15) is 8.42 Å². The monoisotopic (exact) mass is 275 g/mol. The summed E-state index contributed by atoms with van der Waals surface area (Å²) >= 11 is 0. The van der Waals surface area contributed by atoms with Gasteiger partial charge in [-0.3, -0.25) is 4.31 Å². The molecule has 0 aliphatic rings. The van der Waals surface area contributed by atoms with Gasteiger partial charge in [-0.2, -0.15) is 0 Å². The molecule has 19 heavy (non-hydrogen) atoms. The van der Waals surface area contributed by atoms with E-state index in [2.05, 4.69) is 0 Å². The minimum absolute atomic E-state index is 0.309. The van der Waals surface area contributed by atoms with Crippen LogP contribution >= 0.6 is 0 Å². The van der Waals surface area contributed by atoms with E-state index in [0.29, 0.717) is 4.90 Å². The molecule has 2 aromatic rings. The van der Waals surface area contributed by atoms with Gasteiger partial charge >= 0.3 is 0 Å². The van der Waals surface area contributed by atoms with Crippen LogP contribution in [-0.2, 0) is 16.4 Å². The minimum atomic E-state index is -3.49. The Morgan fingerprint density at radius 1 is 0.947 bits per heavy atom. The number of hydrogen-bond acceptors (Lipinski definition) is 2. The van der Waals surface area contributed by atoms with Crippen LogP contribution in [0.4, 0.5) is 5.69 Å². The molecule has 0 amide bonds. The second-order valence-corrected chi connectivity index (χ2v) is 6.24. The van der Waals surface area contributed by atoms with Crippen molar-refractivity contribution >= 4 is 15.7 Å². The molecule has 4 heteroatoms. The summed E-state index contributed by atoms with van der Waals surface area (Å²) in [6, 6.07) is 16.0. The zero-order valence-electron chi connectivity index (χ0n) is 11.1. The van der Waals surface area contributed by atoms with E-state index in [4.69, 9.17) is 0 Å². The Labute approximate surface area is 114 Å². The summed E-state index contributed by atoms with van der Waals surface area (Å²) in [5.74, 6) is 0. The van der Waals surface area contributed by atoms with Gasteiger partial charge in [-0.05, 0) is 30.2 Å². The van der Waals surface area contributed by atoms with Crippen molar-refractivity contribution in [2.75, 3.05) is 11.4 Å². The maximum atomic E-state index is 12.5. The average Bonchev–Trinajstić information content (AvgIpc) is 2.47. The first-order chi connectivity index (χ1) is 9.07. The van der Waals surface area contributed by atoms with Gasteiger partial charge in [-0.15, -0.1) is 0 Å². The number of aryl methyl sites for hydroxylation is 1. The quantitative estimate of drug-likeness (QED) is 0.860. The van der Waals surface area contributed by atoms with Gasteiger partial charge in [0.1, 0.15) is 0 Å². The van der Waals surface area contributed by atoms with Gasteiger partial charge in [-0.25, -0.2) is 8.42 Å². The van der Waals surface area contributed by atoms with Crippen LogP contribution in [0, 0.1) is 0 Å². The molecule has 0 unspecified atom stereocenters. The van der Waals surface area contributed by atoms with Gasteiger partial charge in [0.25, 0.3) is 10.0 Å². The Kier molecular flexibility index (Phi) is 3.90. The number of rotatable bonds is 4. The van der Waals surface area contributed by atoms with Gasteiger partial charge in [-0.1, -0.05) is 43.3 Å². The van der Waals surface area contributed by atoms with Crippen molar-refractivity contribution in [3.63, 3.8) is 0 Å². The predicted octanol–water partition coefficient (Wildman–Crippen LogP) is 3.07. The molecule has 0 atom stereocenters. The number of para-hydroxylation sites is 1. The lowest BCUT2D eigenvalue weighted by molar-refractivity contribution is 0.594. The van der Waals surface area contributed by atoms with Crippen molar-refractivity contribution in [2.45, 2.75) is 18.2 Å². The van der Waals surface area contributed by atoms with Crippen LogP contribution in [0.2, 0.25) is 0 Å². The Bertz CT molecular complexity index is 651. The smallest absolute Gasteiger partial charge is 0.264 e. The lowest BCUT2D eigenvalue weighted by atomic mass is 10.1. The van der Waals surface area contributed by atoms with Crippen LogP contribution in [0.3, 0.4) is 0 Å². The van der Waals surface area contributed by atoms with Crippen molar-refractivity contribution in [1.29, 1.82) is 0 Å². The normalized spacial score (nSPS) is 11.3. The van der Waals surface area contributed by atoms with Crippen molar-refractivity contribution in [1.82, 2.24) is 0 Å². The number of nitrogens with zero attached hydrogens (tertiary/aromatic N) is 1. The standard InChI is InChI=1S/C15H17NO2S/c1-3-13-9-7-8-12-15(13)16(2)19(17,18)14-10-5-4-6-11-14/h4-12H,3H2,1-2H3. The van der Waals surface area contributed by atoms with Gasteiger partial charge in [0.05, 0.1) is 10.6 Å². The fraction of sp³-hybridized carbons (Fsp3) is 0.200. The third kappa shape index (κ3) is 2.63. The van der Waals surface area contributed by atoms with Gasteiger partial charge < -0.3 is 0 Å². The molecule has 0 heterocycles. The first kappa shape index (κ1) is 13.6. The summed E-state index contributed by atoms with van der Waals surface area (Å²) in [6.45, 7) is 2.02. The number of anilines is 1. The molecular weight excluding hydrogens is 258 g/mol. The Morgan fingerprint density at radius 3 is 2.16 bits per heavy atom. The second kappa shape index (κ2) is 5.45. The van der Waals surface area contributed by atoms with E-state index in [0.717, 1.165) is 17.7 Å². The van der Waals surface area contributed by atoms with E-state index in [1.54, 1.807) is 37.4 Å². The highest BCUT2D eigenvalue weighted by Crippen LogP contribution is 2.25. The molecule has 0 aliphatic heterocycles. The molecule has 3 nitrogen and oxygen atoms in total. The first-order valence-electron chi connectivity index (χ1n) is 6.19. The lowest BCUT2D eigenvalue weighted by Crippen LogP contribution is -2.27. The molecule has 0 spiro atoms. The van der Waals surface area contributed by atoms with Crippen LogP contribution in [0.15, 0.2) is 59.5 Å². The van der Waals surface area contributed by atoms with Crippen molar-refractivity contribution in [2.24, 2.45) is 0 Å². The summed E-state index contributed by atoms with van der Waals surface area (Å²) in [5.41, 5.74) is 1.75. The third-order valence-corrected chi connectivity index (χ3v) is 4.90. The molecule has 0 bridgehead atoms. The van der Waals surface area contributed by atoms with E-state index in [-0.39, 0.29) is 0 Å². The van der Waals surface area contributed by atoms with E-state index in [1.165, 1.54) is 4.31 Å². The summed E-state index contributed by atoms with van der Waals surface area (Å²) in [5, 5.41) is 0. The molecular formula is C15H17NO2S. The zero-order valence-corrected chi connectivity index (χ0v) is 11.9. The number of benzene rings is 2. The first-order valence-corrected chi connectivity index (χ1v) is 7.63. The minimum Gasteiger partial charge on any atom is -0.269 e. The highest BCUT2D eigenvalue weighted by Gasteiger charge is 2.22. The van der Waals surface area contributed by atoms with Crippen molar-refractivity contribution in [3.05, 3.63) is 60.2 Å². The number of hydrogen-bond donors (Lipinski definition) is 0. The molecule has 0 saturated heterocycles. The van der Waals surface area contributed by atoms with E-state index in [1.807, 2.05) is 31.2 Å². The Hall–Kier alpha value is -1.81. The van der Waals surface area contributed by atoms with Crippen LogP contribution in [0.5, 0.6) is 0 Å². The summed E-state index contributed by atoms with van der Waals surface area (Å²) in [6.07, 6.45) is 0.796. The fourth-order valence-electron chi connectivity index (χ4n) is 2.00. The topological polar surface area (TPSA) is 37.4 Å². The van der Waals surface area contributed by atoms with Crippen LogP contribution < -0.4 is 4.31 Å². The van der Waals surface area contributed by atoms with E-state index >= 15 is 0 Å². The maximum absolute atomic E-state index is 12.5. The van der Waals surface area contributed by atoms with Crippen molar-refractivity contribution in [3.8, 4) is 0 Å². The molecule has 0 aromatic heterocycles. The predicted molar refractivity (Wildman–Crippen MR) is 77.9 cm³/mol. The third-order valence-electron chi connectivity index (χ3n) is 3.11. The summed E-state index contributed by atoms with van der Waals surface area (Å²) < 4.78 is 26.4. The zero-order chi connectivity index (χ0) is 13.9. The molecule has 0 fully saturated rings. The highest BCUT2D eigenvalue weighted by atomic mass is 32.2. The molecule has 100 valence electrons. The second-order valence-electron chi connectivity index (χ2n) is 4.27. The van der Waals surface area contributed by atoms with Crippen LogP contribution in [0.1, 0.15) is 12.5 Å². The fourth-order valence-corrected chi connectivity index (χ4v) is 3.25. The molecule has 0 N–H and O–H groups in total. The van der Waals surface area contributed by atoms with Gasteiger partial charge in [0, 0.05) is 7.05 Å². The largest absolute Gasteiger partial charge is 0.269 e. The Morgan fingerprint density at radius 2 is 1.53 bits per heavy atom. The van der Waals surface area contributed by atoms with Gasteiger partial charge in [0.2, 0.25) is 0 Å². The molecule has 0 radical (unpaired) electrons. The number of sulfonamides is 1. The van der Waals surface area contributed by atoms with Crippen molar-refractivity contribution < 1.29 is 8.42 Å². The lowest BCUT2D eigenvalue weighted by Gasteiger charge is -2.22. The van der Waals surface area contributed by atoms with E-state index < -0.39 is 10.0 Å². The SMILES string of the molecule is CCc1ccccc1N(C)S(=O)(=O)c1ccccc1. The molecule has 0 saturated carbocycles. The summed E-state index contributed by atoms with van der Waals surface area (Å²) in [4.78, 5) is 0.309. The molecule has 2 rings (SSSR count). The highest BCUT2D eigenvalue weighted by molar-refractivity contribution is 7.92. The Balaban J connectivity index is 2.47. The summed E-state index contributed by atoms with van der Waals surface area (Å²) in [7, 11) is -1.90. The van der Waals surface area contributed by atoms with Gasteiger partial charge in [0.15, 0.2) is 0 Å². The molecule has 0 aliphatic carbocycles. The van der Waals surface area contributed by atoms with Crippen LogP contribution in [0.25, 0.3) is 0 Å². The molecule has 2 aromatic carbocycles. The maximum Gasteiger partial charge on any atom is 0.264 e. The average molecular weight is 275 g/mol.